The molecule has 0 radical (unpaired) electrons. The largest absolute Gasteiger partial charge is 0.505 e. The molecular weight excluding hydrogens is 444 g/mol. The molecule has 0 spiro atoms. The van der Waals surface area contributed by atoms with Gasteiger partial charge in [0.05, 0.1) is 21.5 Å². The molecular formula is C23H22Cl2FNO4. The van der Waals surface area contributed by atoms with Gasteiger partial charge in [0.25, 0.3) is 5.91 Å². The molecule has 164 valence electrons. The maximum absolute atomic E-state index is 15.0. The van der Waals surface area contributed by atoms with E-state index in [1.54, 1.807) is 34.6 Å². The van der Waals surface area contributed by atoms with Crippen LogP contribution in [-0.4, -0.2) is 27.2 Å². The number of aromatic nitrogens is 1. The van der Waals surface area contributed by atoms with Gasteiger partial charge in [0.1, 0.15) is 5.60 Å². The number of rotatable bonds is 3. The van der Waals surface area contributed by atoms with Gasteiger partial charge in [0.2, 0.25) is 0 Å². The van der Waals surface area contributed by atoms with E-state index in [0.717, 1.165) is 6.07 Å². The molecule has 3 aromatic rings. The molecule has 0 saturated heterocycles. The van der Waals surface area contributed by atoms with Gasteiger partial charge in [-0.2, -0.15) is 0 Å². The highest BCUT2D eigenvalue weighted by Gasteiger charge is 2.31. The number of phenols is 1. The van der Waals surface area contributed by atoms with E-state index in [1.165, 1.54) is 28.8 Å². The van der Waals surface area contributed by atoms with Gasteiger partial charge in [-0.3, -0.25) is 14.2 Å². The van der Waals surface area contributed by atoms with Crippen molar-refractivity contribution in [2.45, 2.75) is 46.1 Å². The molecule has 1 atom stereocenters. The highest BCUT2D eigenvalue weighted by molar-refractivity contribution is 6.42. The lowest BCUT2D eigenvalue weighted by Crippen LogP contribution is -2.27. The summed E-state index contributed by atoms with van der Waals surface area (Å²) in [4.78, 5) is 26.1. The monoisotopic (exact) mass is 465 g/mol. The topological polar surface area (TPSA) is 68.5 Å². The van der Waals surface area contributed by atoms with Gasteiger partial charge in [0.15, 0.2) is 11.6 Å². The number of halogens is 3. The highest BCUT2D eigenvalue weighted by atomic mass is 35.5. The third kappa shape index (κ3) is 4.27. The summed E-state index contributed by atoms with van der Waals surface area (Å²) in [6.07, 6.45) is 0. The third-order valence-electron chi connectivity index (χ3n) is 4.90. The van der Waals surface area contributed by atoms with Crippen molar-refractivity contribution in [3.8, 4) is 5.75 Å². The first-order chi connectivity index (χ1) is 14.3. The summed E-state index contributed by atoms with van der Waals surface area (Å²) in [6, 6.07) is 7.02. The summed E-state index contributed by atoms with van der Waals surface area (Å²) >= 11 is 12.0. The molecule has 3 rings (SSSR count). The summed E-state index contributed by atoms with van der Waals surface area (Å²) in [5.74, 6) is -3.43. The third-order valence-corrected chi connectivity index (χ3v) is 5.64. The second kappa shape index (κ2) is 8.17. The van der Waals surface area contributed by atoms with Gasteiger partial charge in [-0.25, -0.2) is 4.39 Å². The van der Waals surface area contributed by atoms with E-state index in [1.807, 2.05) is 0 Å². The van der Waals surface area contributed by atoms with Crippen molar-refractivity contribution < 1.29 is 23.8 Å². The van der Waals surface area contributed by atoms with Crippen LogP contribution in [0.2, 0.25) is 10.0 Å². The standard InChI is InChI=1S/C23H22Cl2FNO4/c1-11(22(30)31-23(3,4)5)18-12(2)27(16-8-9-17(28)20(26)19(16)18)21(29)13-6-7-14(24)15(25)10-13/h6-11,28H,1-5H3. The van der Waals surface area contributed by atoms with E-state index in [-0.39, 0.29) is 27.1 Å². The molecule has 0 fully saturated rings. The molecule has 1 aromatic heterocycles. The SMILES string of the molecule is Cc1c(C(C)C(=O)OC(C)(C)C)c2c(F)c(O)ccc2n1C(=O)c1ccc(Cl)c(Cl)c1. The van der Waals surface area contributed by atoms with Crippen LogP contribution in [0.5, 0.6) is 5.75 Å². The van der Waals surface area contributed by atoms with Crippen LogP contribution < -0.4 is 0 Å². The summed E-state index contributed by atoms with van der Waals surface area (Å²) in [7, 11) is 0. The van der Waals surface area contributed by atoms with Gasteiger partial charge in [-0.15, -0.1) is 0 Å². The second-order valence-electron chi connectivity index (χ2n) is 8.32. The molecule has 0 amide bonds. The van der Waals surface area contributed by atoms with Crippen molar-refractivity contribution in [3.63, 3.8) is 0 Å². The normalized spacial score (nSPS) is 12.8. The Bertz CT molecular complexity index is 1210. The van der Waals surface area contributed by atoms with Gasteiger partial charge in [0, 0.05) is 16.6 Å². The van der Waals surface area contributed by atoms with Crippen LogP contribution >= 0.6 is 23.2 Å². The van der Waals surface area contributed by atoms with Crippen LogP contribution in [0.1, 0.15) is 55.2 Å². The van der Waals surface area contributed by atoms with Crippen LogP contribution in [0.25, 0.3) is 10.9 Å². The lowest BCUT2D eigenvalue weighted by Gasteiger charge is -2.22. The zero-order chi connectivity index (χ0) is 23.2. The van der Waals surface area contributed by atoms with Crippen LogP contribution in [0.15, 0.2) is 30.3 Å². The average Bonchev–Trinajstić information content (AvgIpc) is 2.97. The van der Waals surface area contributed by atoms with Gasteiger partial charge < -0.3 is 9.84 Å². The summed E-state index contributed by atoms with van der Waals surface area (Å²) in [6.45, 7) is 8.38. The molecule has 0 aliphatic heterocycles. The van der Waals surface area contributed by atoms with E-state index in [0.29, 0.717) is 10.7 Å². The van der Waals surface area contributed by atoms with Gasteiger partial charge >= 0.3 is 5.97 Å². The van der Waals surface area contributed by atoms with Crippen LogP contribution in [0, 0.1) is 12.7 Å². The fourth-order valence-electron chi connectivity index (χ4n) is 3.54. The Morgan fingerprint density at radius 1 is 1.13 bits per heavy atom. The number of nitrogens with zero attached hydrogens (tertiary/aromatic N) is 1. The summed E-state index contributed by atoms with van der Waals surface area (Å²) in [5, 5.41) is 10.4. The molecule has 5 nitrogen and oxygen atoms in total. The molecule has 0 bridgehead atoms. The van der Waals surface area contributed by atoms with Crippen molar-refractivity contribution in [3.05, 3.63) is 63.0 Å². The first kappa shape index (κ1) is 23.1. The van der Waals surface area contributed by atoms with E-state index in [2.05, 4.69) is 0 Å². The van der Waals surface area contributed by atoms with E-state index < -0.39 is 35.0 Å². The van der Waals surface area contributed by atoms with Crippen LogP contribution in [0.4, 0.5) is 4.39 Å². The Labute approximate surface area is 189 Å². The maximum Gasteiger partial charge on any atom is 0.313 e. The average molecular weight is 466 g/mol. The maximum atomic E-state index is 15.0. The minimum atomic E-state index is -0.910. The van der Waals surface area contributed by atoms with Crippen molar-refractivity contribution in [1.29, 1.82) is 0 Å². The molecule has 0 saturated carbocycles. The smallest absolute Gasteiger partial charge is 0.313 e. The predicted octanol–water partition coefficient (Wildman–Crippen LogP) is 6.23. The molecule has 0 aliphatic carbocycles. The number of benzene rings is 2. The number of fused-ring (bicyclic) bond motifs is 1. The quantitative estimate of drug-likeness (QED) is 0.465. The Kier molecular flexibility index (Phi) is 6.09. The number of hydrogen-bond acceptors (Lipinski definition) is 4. The van der Waals surface area contributed by atoms with Crippen molar-refractivity contribution in [1.82, 2.24) is 4.57 Å². The zero-order valence-electron chi connectivity index (χ0n) is 17.7. The number of esters is 1. The Hall–Kier alpha value is -2.57. The minimum Gasteiger partial charge on any atom is -0.505 e. The second-order valence-corrected chi connectivity index (χ2v) is 9.13. The lowest BCUT2D eigenvalue weighted by molar-refractivity contribution is -0.156. The Balaban J connectivity index is 2.26. The zero-order valence-corrected chi connectivity index (χ0v) is 19.2. The van der Waals surface area contributed by atoms with Gasteiger partial charge in [-0.05, 0) is 70.5 Å². The van der Waals surface area contributed by atoms with Crippen molar-refractivity contribution >= 4 is 46.0 Å². The number of hydrogen-bond donors (Lipinski definition) is 1. The molecule has 2 aromatic carbocycles. The predicted molar refractivity (Wildman–Crippen MR) is 119 cm³/mol. The van der Waals surface area contributed by atoms with Crippen LogP contribution in [-0.2, 0) is 9.53 Å². The number of carbonyl (C=O) groups excluding carboxylic acids is 2. The molecule has 1 N–H and O–H groups in total. The first-order valence-electron chi connectivity index (χ1n) is 9.58. The minimum absolute atomic E-state index is 0.00994. The number of ether oxygens (including phenoxy) is 1. The van der Waals surface area contributed by atoms with E-state index in [9.17, 15) is 14.7 Å². The molecule has 31 heavy (non-hydrogen) atoms. The number of phenolic OH excluding ortho intramolecular Hbond substituents is 1. The molecule has 8 heteroatoms. The number of carbonyl (C=O) groups is 2. The fraction of sp³-hybridized carbons (Fsp3) is 0.304. The van der Waals surface area contributed by atoms with E-state index in [4.69, 9.17) is 27.9 Å². The Morgan fingerprint density at radius 3 is 2.35 bits per heavy atom. The first-order valence-corrected chi connectivity index (χ1v) is 10.3. The van der Waals surface area contributed by atoms with Crippen molar-refractivity contribution in [2.75, 3.05) is 0 Å². The molecule has 1 heterocycles. The summed E-state index contributed by atoms with van der Waals surface area (Å²) < 4.78 is 21.8. The summed E-state index contributed by atoms with van der Waals surface area (Å²) in [5.41, 5.74) is 0.336. The van der Waals surface area contributed by atoms with Crippen molar-refractivity contribution in [2.24, 2.45) is 0 Å². The van der Waals surface area contributed by atoms with E-state index >= 15 is 4.39 Å². The molecule has 0 aliphatic rings. The molecule has 1 unspecified atom stereocenters. The van der Waals surface area contributed by atoms with Crippen LogP contribution in [0.3, 0.4) is 0 Å². The lowest BCUT2D eigenvalue weighted by atomic mass is 9.97. The Morgan fingerprint density at radius 2 is 1.77 bits per heavy atom. The van der Waals surface area contributed by atoms with Gasteiger partial charge in [-0.1, -0.05) is 23.2 Å². The number of aromatic hydroxyl groups is 1. The highest BCUT2D eigenvalue weighted by Crippen LogP contribution is 2.38. The fourth-order valence-corrected chi connectivity index (χ4v) is 3.84.